The van der Waals surface area contributed by atoms with Crippen LogP contribution in [0, 0.1) is 9.49 Å². The van der Waals surface area contributed by atoms with E-state index in [2.05, 4.69) is 69.9 Å². The Morgan fingerprint density at radius 1 is 1.16 bits per heavy atom. The van der Waals surface area contributed by atoms with Gasteiger partial charge in [-0.1, -0.05) is 69.3 Å². The van der Waals surface area contributed by atoms with Gasteiger partial charge in [-0.2, -0.15) is 0 Å². The molecule has 0 aliphatic heterocycles. The summed E-state index contributed by atoms with van der Waals surface area (Å²) in [6.07, 6.45) is 1.74. The quantitative estimate of drug-likeness (QED) is 0.137. The number of hydrogen-bond donors (Lipinski definition) is 2. The molecule has 1 aromatic heterocycles. The first-order valence-corrected chi connectivity index (χ1v) is 14.4. The lowest BCUT2D eigenvalue weighted by molar-refractivity contribution is -0.113. The lowest BCUT2D eigenvalue weighted by Crippen LogP contribution is -2.34. The van der Waals surface area contributed by atoms with Gasteiger partial charge in [0.1, 0.15) is 0 Å². The van der Waals surface area contributed by atoms with Crippen LogP contribution in [-0.4, -0.2) is 32.3 Å². The monoisotopic (exact) mass is 651 g/mol. The molecule has 3 aromatic rings. The summed E-state index contributed by atoms with van der Waals surface area (Å²) < 4.78 is 3.01. The number of anilines is 1. The second kappa shape index (κ2) is 13.4. The van der Waals surface area contributed by atoms with Crippen molar-refractivity contribution in [2.75, 3.05) is 11.1 Å². The standard InChI is InChI=1S/C27H31ClIN5O2S/c1-6-13-34-25(24(17(4)5)31-26(36)19-9-7-8-10-21(19)28)32-33-27(34)37-15-23(35)30-22-12-11-18(29)14-20(22)16(2)3/h6-12,14,16-17,24H,1,13,15H2,2-5H3,(H,30,35)(H,31,36)/t24-/m1/s1. The molecule has 196 valence electrons. The Labute approximate surface area is 241 Å². The number of carbonyl (C=O) groups is 2. The van der Waals surface area contributed by atoms with Crippen LogP contribution in [-0.2, 0) is 11.3 Å². The molecule has 2 aromatic carbocycles. The normalized spacial score (nSPS) is 12.0. The molecule has 3 rings (SSSR count). The van der Waals surface area contributed by atoms with E-state index >= 15 is 0 Å². The van der Waals surface area contributed by atoms with Crippen molar-refractivity contribution in [3.05, 3.63) is 80.7 Å². The van der Waals surface area contributed by atoms with Crippen LogP contribution in [0.15, 0.2) is 60.3 Å². The highest BCUT2D eigenvalue weighted by atomic mass is 127. The van der Waals surface area contributed by atoms with E-state index in [1.165, 1.54) is 11.8 Å². The fraction of sp³-hybridized carbons (Fsp3) is 0.333. The van der Waals surface area contributed by atoms with Crippen LogP contribution < -0.4 is 10.6 Å². The molecule has 0 aliphatic carbocycles. The van der Waals surface area contributed by atoms with E-state index in [-0.39, 0.29) is 29.4 Å². The van der Waals surface area contributed by atoms with Crippen LogP contribution in [0.1, 0.15) is 61.4 Å². The van der Waals surface area contributed by atoms with Crippen molar-refractivity contribution >= 4 is 63.5 Å². The van der Waals surface area contributed by atoms with Gasteiger partial charge in [0.25, 0.3) is 5.91 Å². The van der Waals surface area contributed by atoms with E-state index in [0.717, 1.165) is 14.8 Å². The van der Waals surface area contributed by atoms with Crippen LogP contribution >= 0.6 is 46.0 Å². The number of rotatable bonds is 11. The maximum Gasteiger partial charge on any atom is 0.253 e. The lowest BCUT2D eigenvalue weighted by Gasteiger charge is -2.23. The van der Waals surface area contributed by atoms with Gasteiger partial charge in [0.05, 0.1) is 22.4 Å². The van der Waals surface area contributed by atoms with E-state index in [9.17, 15) is 9.59 Å². The van der Waals surface area contributed by atoms with Crippen molar-refractivity contribution < 1.29 is 9.59 Å². The van der Waals surface area contributed by atoms with Gasteiger partial charge in [-0.25, -0.2) is 0 Å². The first-order valence-electron chi connectivity index (χ1n) is 11.9. The van der Waals surface area contributed by atoms with E-state index in [0.29, 0.717) is 28.1 Å². The Hall–Kier alpha value is -2.37. The number of nitrogens with one attached hydrogen (secondary N) is 2. The van der Waals surface area contributed by atoms with Gasteiger partial charge in [0.15, 0.2) is 11.0 Å². The van der Waals surface area contributed by atoms with Crippen LogP contribution in [0.3, 0.4) is 0 Å². The largest absolute Gasteiger partial charge is 0.342 e. The Balaban J connectivity index is 1.77. The van der Waals surface area contributed by atoms with Crippen molar-refractivity contribution in [1.29, 1.82) is 0 Å². The molecule has 2 amide bonds. The summed E-state index contributed by atoms with van der Waals surface area (Å²) in [7, 11) is 0. The molecular formula is C27H31ClIN5O2S. The molecule has 0 fully saturated rings. The highest BCUT2D eigenvalue weighted by molar-refractivity contribution is 14.1. The van der Waals surface area contributed by atoms with Crippen molar-refractivity contribution in [2.45, 2.75) is 51.4 Å². The SMILES string of the molecule is C=CCn1c(SCC(=O)Nc2ccc(I)cc2C(C)C)nnc1[C@H](NC(=O)c1ccccc1Cl)C(C)C. The molecule has 0 aliphatic rings. The van der Waals surface area contributed by atoms with Crippen molar-refractivity contribution in [2.24, 2.45) is 5.92 Å². The van der Waals surface area contributed by atoms with Gasteiger partial charge >= 0.3 is 0 Å². The average molecular weight is 652 g/mol. The molecule has 37 heavy (non-hydrogen) atoms. The minimum atomic E-state index is -0.417. The van der Waals surface area contributed by atoms with E-state index in [1.54, 1.807) is 30.3 Å². The zero-order valence-electron chi connectivity index (χ0n) is 21.3. The highest BCUT2D eigenvalue weighted by Crippen LogP contribution is 2.28. The molecule has 0 spiro atoms. The van der Waals surface area contributed by atoms with Gasteiger partial charge in [-0.15, -0.1) is 16.8 Å². The maximum atomic E-state index is 13.0. The summed E-state index contributed by atoms with van der Waals surface area (Å²) in [6, 6.07) is 12.5. The summed E-state index contributed by atoms with van der Waals surface area (Å²) in [5.74, 6) is 0.648. The molecule has 0 radical (unpaired) electrons. The minimum Gasteiger partial charge on any atom is -0.342 e. The Morgan fingerprint density at radius 2 is 1.89 bits per heavy atom. The molecule has 7 nitrogen and oxygen atoms in total. The zero-order chi connectivity index (χ0) is 27.1. The molecule has 10 heteroatoms. The molecule has 0 saturated carbocycles. The van der Waals surface area contributed by atoms with Gasteiger partial charge in [-0.05, 0) is 70.3 Å². The van der Waals surface area contributed by atoms with Gasteiger partial charge in [0, 0.05) is 15.8 Å². The molecule has 1 heterocycles. The Kier molecular flexibility index (Phi) is 10.6. The number of aromatic nitrogens is 3. The van der Waals surface area contributed by atoms with Gasteiger partial charge in [-0.3, -0.25) is 9.59 Å². The molecule has 0 saturated heterocycles. The Bertz CT molecular complexity index is 1280. The molecule has 0 unspecified atom stereocenters. The van der Waals surface area contributed by atoms with Crippen LogP contribution in [0.2, 0.25) is 5.02 Å². The smallest absolute Gasteiger partial charge is 0.253 e. The second-order valence-electron chi connectivity index (χ2n) is 9.14. The lowest BCUT2D eigenvalue weighted by atomic mass is 10.0. The topological polar surface area (TPSA) is 88.9 Å². The van der Waals surface area contributed by atoms with Crippen molar-refractivity contribution in [3.63, 3.8) is 0 Å². The third kappa shape index (κ3) is 7.58. The predicted molar refractivity (Wildman–Crippen MR) is 159 cm³/mol. The third-order valence-electron chi connectivity index (χ3n) is 5.65. The van der Waals surface area contributed by atoms with E-state index < -0.39 is 6.04 Å². The van der Waals surface area contributed by atoms with E-state index in [4.69, 9.17) is 11.6 Å². The minimum absolute atomic E-state index is 0.0238. The van der Waals surface area contributed by atoms with Crippen LogP contribution in [0.5, 0.6) is 0 Å². The number of nitrogens with zero attached hydrogens (tertiary/aromatic N) is 3. The number of carbonyl (C=O) groups excluding carboxylic acids is 2. The average Bonchev–Trinajstić information content (AvgIpc) is 3.24. The Morgan fingerprint density at radius 3 is 2.54 bits per heavy atom. The molecule has 1 atom stereocenters. The highest BCUT2D eigenvalue weighted by Gasteiger charge is 2.27. The van der Waals surface area contributed by atoms with Gasteiger partial charge < -0.3 is 15.2 Å². The summed E-state index contributed by atoms with van der Waals surface area (Å²) in [4.78, 5) is 25.8. The molecular weight excluding hydrogens is 621 g/mol. The number of benzene rings is 2. The first kappa shape index (κ1) is 29.2. The summed E-state index contributed by atoms with van der Waals surface area (Å²) in [5, 5.41) is 15.8. The number of halogens is 2. The number of amides is 2. The summed E-state index contributed by atoms with van der Waals surface area (Å²) >= 11 is 9.79. The number of hydrogen-bond acceptors (Lipinski definition) is 5. The van der Waals surface area contributed by atoms with Gasteiger partial charge in [0.2, 0.25) is 5.91 Å². The van der Waals surface area contributed by atoms with Crippen LogP contribution in [0.25, 0.3) is 0 Å². The van der Waals surface area contributed by atoms with Crippen LogP contribution in [0.4, 0.5) is 5.69 Å². The summed E-state index contributed by atoms with van der Waals surface area (Å²) in [6.45, 7) is 12.5. The predicted octanol–water partition coefficient (Wildman–Crippen LogP) is 6.70. The molecule has 2 N–H and O–H groups in total. The van der Waals surface area contributed by atoms with E-state index in [1.807, 2.05) is 30.5 Å². The zero-order valence-corrected chi connectivity index (χ0v) is 25.0. The van der Waals surface area contributed by atoms with Crippen molar-refractivity contribution in [1.82, 2.24) is 20.1 Å². The number of thioether (sulfide) groups is 1. The third-order valence-corrected chi connectivity index (χ3v) is 7.62. The summed E-state index contributed by atoms with van der Waals surface area (Å²) in [5.41, 5.74) is 2.31. The second-order valence-corrected chi connectivity index (χ2v) is 11.7. The number of allylic oxidation sites excluding steroid dienone is 1. The molecule has 0 bridgehead atoms. The van der Waals surface area contributed by atoms with Crippen molar-refractivity contribution in [3.8, 4) is 0 Å². The first-order chi connectivity index (χ1) is 17.6. The maximum absolute atomic E-state index is 13.0. The fourth-order valence-corrected chi connectivity index (χ4v) is 5.26. The fourth-order valence-electron chi connectivity index (χ4n) is 3.77.